The Bertz CT molecular complexity index is 3780. The molecule has 0 spiro atoms. The zero-order chi connectivity index (χ0) is 40.0. The summed E-state index contributed by atoms with van der Waals surface area (Å²) in [6.45, 7) is 0. The van der Waals surface area contributed by atoms with Crippen LogP contribution >= 0.6 is 22.7 Å². The Balaban J connectivity index is 1.05. The number of hydrogen-bond donors (Lipinski definition) is 0. The average Bonchev–Trinajstić information content (AvgIpc) is 4.02. The lowest BCUT2D eigenvalue weighted by atomic mass is 9.90. The van der Waals surface area contributed by atoms with Crippen LogP contribution in [0.3, 0.4) is 0 Å². The summed E-state index contributed by atoms with van der Waals surface area (Å²) in [5.41, 5.74) is 11.7. The van der Waals surface area contributed by atoms with Crippen LogP contribution in [0.5, 0.6) is 0 Å². The highest BCUT2D eigenvalue weighted by Crippen LogP contribution is 2.45. The van der Waals surface area contributed by atoms with Gasteiger partial charge >= 0.3 is 0 Å². The fraction of sp³-hybridized carbons (Fsp3) is 0.0364. The van der Waals surface area contributed by atoms with Crippen molar-refractivity contribution in [2.75, 3.05) is 0 Å². The summed E-state index contributed by atoms with van der Waals surface area (Å²) in [5, 5.41) is 7.01. The zero-order valence-corrected chi connectivity index (χ0v) is 34.4. The van der Waals surface area contributed by atoms with Gasteiger partial charge in [-0.25, -0.2) is 15.0 Å². The molecule has 4 heterocycles. The van der Waals surface area contributed by atoms with E-state index in [-0.39, 0.29) is 0 Å². The summed E-state index contributed by atoms with van der Waals surface area (Å²) in [7, 11) is 0. The van der Waals surface area contributed by atoms with Gasteiger partial charge in [-0.3, -0.25) is 0 Å². The highest BCUT2D eigenvalue weighted by molar-refractivity contribution is 7.26. The molecule has 0 aliphatic heterocycles. The van der Waals surface area contributed by atoms with Crippen LogP contribution in [0.1, 0.15) is 17.5 Å². The first-order valence-electron chi connectivity index (χ1n) is 20.6. The molecule has 0 unspecified atom stereocenters. The molecule has 0 bridgehead atoms. The quantitative estimate of drug-likeness (QED) is 0.174. The van der Waals surface area contributed by atoms with Crippen LogP contribution in [0, 0.1) is 0 Å². The van der Waals surface area contributed by atoms with Gasteiger partial charge < -0.3 is 4.42 Å². The highest BCUT2D eigenvalue weighted by Gasteiger charge is 2.22. The number of thiophene rings is 2. The summed E-state index contributed by atoms with van der Waals surface area (Å²) < 4.78 is 11.7. The predicted octanol–water partition coefficient (Wildman–Crippen LogP) is 15.8. The van der Waals surface area contributed by atoms with Crippen molar-refractivity contribution in [3.63, 3.8) is 0 Å². The first-order chi connectivity index (χ1) is 30.2. The maximum atomic E-state index is 6.69. The Morgan fingerprint density at radius 3 is 1.95 bits per heavy atom. The molecule has 8 aromatic carbocycles. The monoisotopic (exact) mass is 815 g/mol. The van der Waals surface area contributed by atoms with Crippen molar-refractivity contribution in [3.05, 3.63) is 181 Å². The molecular weight excluding hydrogens is 783 g/mol. The van der Waals surface area contributed by atoms with Gasteiger partial charge in [-0.15, -0.1) is 22.7 Å². The maximum absolute atomic E-state index is 6.69. The van der Waals surface area contributed by atoms with E-state index in [1.165, 1.54) is 62.6 Å². The summed E-state index contributed by atoms with van der Waals surface area (Å²) in [6.07, 6.45) is 6.71. The Morgan fingerprint density at radius 1 is 0.410 bits per heavy atom. The van der Waals surface area contributed by atoms with E-state index in [0.717, 1.165) is 62.6 Å². The number of allylic oxidation sites excluding steroid dienone is 1. The van der Waals surface area contributed by atoms with E-state index >= 15 is 0 Å². The number of furan rings is 1. The summed E-state index contributed by atoms with van der Waals surface area (Å²) in [4.78, 5) is 16.0. The maximum Gasteiger partial charge on any atom is 0.164 e. The van der Waals surface area contributed by atoms with Crippen molar-refractivity contribution < 1.29 is 4.42 Å². The summed E-state index contributed by atoms with van der Waals surface area (Å²) >= 11 is 3.63. The third-order valence-electron chi connectivity index (χ3n) is 12.2. The van der Waals surface area contributed by atoms with Gasteiger partial charge in [0.25, 0.3) is 0 Å². The highest BCUT2D eigenvalue weighted by atomic mass is 32.1. The van der Waals surface area contributed by atoms with E-state index in [4.69, 9.17) is 19.4 Å². The number of fused-ring (bicyclic) bond motifs is 10. The van der Waals surface area contributed by atoms with E-state index in [9.17, 15) is 0 Å². The van der Waals surface area contributed by atoms with Gasteiger partial charge in [0.1, 0.15) is 11.2 Å². The van der Waals surface area contributed by atoms with Gasteiger partial charge in [0.05, 0.1) is 0 Å². The fourth-order valence-corrected chi connectivity index (χ4v) is 11.6. The first-order valence-corrected chi connectivity index (χ1v) is 22.3. The molecule has 4 aromatic heterocycles. The van der Waals surface area contributed by atoms with Gasteiger partial charge in [-0.2, -0.15) is 0 Å². The molecule has 0 amide bonds. The van der Waals surface area contributed by atoms with Crippen LogP contribution in [0.15, 0.2) is 174 Å². The van der Waals surface area contributed by atoms with E-state index in [0.29, 0.717) is 17.5 Å². The number of hydrogen-bond acceptors (Lipinski definition) is 6. The minimum absolute atomic E-state index is 0.600. The Hall–Kier alpha value is -7.25. The van der Waals surface area contributed by atoms with Crippen LogP contribution in [-0.4, -0.2) is 15.0 Å². The smallest absolute Gasteiger partial charge is 0.164 e. The molecule has 1 aliphatic carbocycles. The molecule has 0 saturated heterocycles. The van der Waals surface area contributed by atoms with Crippen molar-refractivity contribution in [2.45, 2.75) is 12.8 Å². The lowest BCUT2D eigenvalue weighted by Crippen LogP contribution is -2.01. The molecule has 13 rings (SSSR count). The van der Waals surface area contributed by atoms with Crippen LogP contribution in [0.25, 0.3) is 125 Å². The molecule has 0 radical (unpaired) electrons. The topological polar surface area (TPSA) is 51.8 Å². The van der Waals surface area contributed by atoms with Crippen LogP contribution in [-0.2, 0) is 6.42 Å². The number of benzene rings is 8. The number of para-hydroxylation sites is 1. The van der Waals surface area contributed by atoms with Gasteiger partial charge in [-0.05, 0) is 88.7 Å². The minimum atomic E-state index is 0.600. The Morgan fingerprint density at radius 2 is 1.07 bits per heavy atom. The lowest BCUT2D eigenvalue weighted by Gasteiger charge is -2.15. The van der Waals surface area contributed by atoms with E-state index in [2.05, 4.69) is 164 Å². The zero-order valence-electron chi connectivity index (χ0n) is 32.7. The van der Waals surface area contributed by atoms with Crippen molar-refractivity contribution in [1.29, 1.82) is 0 Å². The molecule has 12 aromatic rings. The summed E-state index contributed by atoms with van der Waals surface area (Å²) in [6, 6.07) is 58.6. The third kappa shape index (κ3) is 5.60. The number of nitrogens with zero attached hydrogens (tertiary/aromatic N) is 3. The third-order valence-corrected chi connectivity index (χ3v) is 14.5. The van der Waals surface area contributed by atoms with Gasteiger partial charge in [0.2, 0.25) is 0 Å². The van der Waals surface area contributed by atoms with Crippen molar-refractivity contribution in [2.24, 2.45) is 0 Å². The molecule has 0 fully saturated rings. The Kier molecular flexibility index (Phi) is 7.74. The normalized spacial score (nSPS) is 12.7. The number of aromatic nitrogens is 3. The molecule has 286 valence electrons. The molecule has 0 saturated carbocycles. The van der Waals surface area contributed by atoms with E-state index < -0.39 is 0 Å². The second kappa shape index (κ2) is 13.6. The van der Waals surface area contributed by atoms with Crippen molar-refractivity contribution in [3.8, 4) is 56.4 Å². The predicted molar refractivity (Wildman–Crippen MR) is 257 cm³/mol. The second-order valence-electron chi connectivity index (χ2n) is 15.8. The summed E-state index contributed by atoms with van der Waals surface area (Å²) in [5.74, 6) is 1.85. The molecule has 0 atom stereocenters. The van der Waals surface area contributed by atoms with Crippen molar-refractivity contribution >= 4 is 91.0 Å². The molecule has 1 aliphatic rings. The molecule has 61 heavy (non-hydrogen) atoms. The first kappa shape index (κ1) is 34.6. The number of aryl methyl sites for hydroxylation is 1. The van der Waals surface area contributed by atoms with Gasteiger partial charge in [-0.1, -0.05) is 133 Å². The van der Waals surface area contributed by atoms with Gasteiger partial charge in [0, 0.05) is 67.8 Å². The standard InChI is InChI=1S/C55H33N3OS2/c1-2-13-37-32(11-1)12-9-17-38(37)33-23-25-34(26-24-33)53-56-54(35-27-28-41-40-14-4-7-20-47(40)61-50(41)31-35)58-55(57-53)44-29-36(30-46-51(44)42-15-3-6-19-45(42)59-46)39-18-10-22-49-52(39)43-16-5-8-21-48(43)60-49/h2-10,12-31H,1,11H2. The molecule has 4 nitrogen and oxygen atoms in total. The average molecular weight is 816 g/mol. The molecule has 6 heteroatoms. The number of rotatable bonds is 5. The second-order valence-corrected chi connectivity index (χ2v) is 18.0. The van der Waals surface area contributed by atoms with Crippen LogP contribution in [0.4, 0.5) is 0 Å². The van der Waals surface area contributed by atoms with Crippen molar-refractivity contribution in [1.82, 2.24) is 15.0 Å². The van der Waals surface area contributed by atoms with E-state index in [1.807, 2.05) is 23.5 Å². The van der Waals surface area contributed by atoms with Crippen LogP contribution < -0.4 is 0 Å². The Labute approximate surface area is 358 Å². The largest absolute Gasteiger partial charge is 0.456 e. The van der Waals surface area contributed by atoms with E-state index in [1.54, 1.807) is 11.3 Å². The minimum Gasteiger partial charge on any atom is -0.456 e. The fourth-order valence-electron chi connectivity index (χ4n) is 9.34. The molecule has 0 N–H and O–H groups in total. The van der Waals surface area contributed by atoms with Crippen LogP contribution in [0.2, 0.25) is 0 Å². The molecular formula is C55H33N3OS2. The van der Waals surface area contributed by atoms with Gasteiger partial charge in [0.15, 0.2) is 17.5 Å². The lowest BCUT2D eigenvalue weighted by molar-refractivity contribution is 0.669. The SMILES string of the molecule is C1=Cc2c(cccc2-c2ccc(-c3nc(-c4ccc5c(c4)sc4ccccc45)nc(-c4cc(-c5cccc6sc7ccccc7c56)cc5oc6ccccc6c45)n3)cc2)CC1.